The van der Waals surface area contributed by atoms with Crippen molar-refractivity contribution in [3.05, 3.63) is 41.5 Å². The average Bonchev–Trinajstić information content (AvgIpc) is 2.75. The van der Waals surface area contributed by atoms with Gasteiger partial charge in [0.1, 0.15) is 0 Å². The lowest BCUT2D eigenvalue weighted by molar-refractivity contribution is 0.186. The van der Waals surface area contributed by atoms with E-state index in [1.54, 1.807) is 0 Å². The molecule has 2 fully saturated rings. The van der Waals surface area contributed by atoms with E-state index in [1.165, 1.54) is 30.4 Å². The van der Waals surface area contributed by atoms with Crippen LogP contribution in [0.1, 0.15) is 43.2 Å². The van der Waals surface area contributed by atoms with Gasteiger partial charge in [-0.3, -0.25) is 0 Å². The minimum absolute atomic E-state index is 0.0906. The summed E-state index contributed by atoms with van der Waals surface area (Å²) in [6.07, 6.45) is 6.00. The smallest absolute Gasteiger partial charge is 0.317 e. The van der Waals surface area contributed by atoms with Crippen LogP contribution in [0.5, 0.6) is 0 Å². The molecule has 2 amide bonds. The van der Waals surface area contributed by atoms with Crippen molar-refractivity contribution in [2.45, 2.75) is 52.0 Å². The molecule has 0 atom stereocenters. The summed E-state index contributed by atoms with van der Waals surface area (Å²) in [6.45, 7) is 7.22. The van der Waals surface area contributed by atoms with Gasteiger partial charge >= 0.3 is 6.03 Å². The summed E-state index contributed by atoms with van der Waals surface area (Å²) in [5, 5.41) is 12.1. The second kappa shape index (κ2) is 8.80. The second-order valence-corrected chi connectivity index (χ2v) is 8.35. The predicted octanol–water partition coefficient (Wildman–Crippen LogP) is 3.92. The Labute approximate surface area is 173 Å². The molecule has 2 heterocycles. The molecule has 1 saturated heterocycles. The number of carbonyl (C=O) groups excluding carboxylic acids is 1. The molecule has 6 heteroatoms. The van der Waals surface area contributed by atoms with Crippen LogP contribution in [0.4, 0.5) is 10.6 Å². The van der Waals surface area contributed by atoms with E-state index in [0.717, 1.165) is 56.1 Å². The molecule has 1 aliphatic carbocycles. The average molecular weight is 394 g/mol. The van der Waals surface area contributed by atoms with E-state index in [4.69, 9.17) is 0 Å². The molecule has 2 aliphatic rings. The highest BCUT2D eigenvalue weighted by molar-refractivity contribution is 5.75. The van der Waals surface area contributed by atoms with E-state index in [2.05, 4.69) is 52.5 Å². The molecule has 0 bridgehead atoms. The highest BCUT2D eigenvalue weighted by atomic mass is 16.2. The van der Waals surface area contributed by atoms with Crippen molar-refractivity contribution < 1.29 is 4.79 Å². The third kappa shape index (κ3) is 4.69. The van der Waals surface area contributed by atoms with Crippen LogP contribution in [0.25, 0.3) is 11.3 Å². The normalized spacial score (nSPS) is 18.0. The zero-order valence-corrected chi connectivity index (χ0v) is 17.5. The number of urea groups is 1. The molecule has 2 aromatic rings. The number of aromatic nitrogens is 2. The number of piperazine rings is 1. The van der Waals surface area contributed by atoms with Gasteiger partial charge in [0, 0.05) is 37.8 Å². The van der Waals surface area contributed by atoms with Crippen LogP contribution in [-0.2, 0) is 0 Å². The molecular weight excluding hydrogens is 362 g/mol. The minimum Gasteiger partial charge on any atom is -0.352 e. The van der Waals surface area contributed by atoms with E-state index in [9.17, 15) is 4.79 Å². The molecule has 0 spiro atoms. The fraction of sp³-hybridized carbons (Fsp3) is 0.522. The number of anilines is 1. The van der Waals surface area contributed by atoms with Gasteiger partial charge in [-0.25, -0.2) is 4.79 Å². The molecule has 1 N–H and O–H groups in total. The van der Waals surface area contributed by atoms with Crippen molar-refractivity contribution >= 4 is 11.8 Å². The Morgan fingerprint density at radius 1 is 0.966 bits per heavy atom. The second-order valence-electron chi connectivity index (χ2n) is 8.35. The molecule has 0 unspecified atom stereocenters. The standard InChI is InChI=1S/C23H31N5O/c1-17-8-9-20(18(2)16-17)21-10-11-22(26-25-21)27-12-14-28(15-13-27)23(29)24-19-6-4-3-5-7-19/h8-11,16,19H,3-7,12-15H2,1-2H3,(H,24,29). The Bertz CT molecular complexity index is 837. The predicted molar refractivity (Wildman–Crippen MR) is 116 cm³/mol. The van der Waals surface area contributed by atoms with Crippen molar-refractivity contribution in [1.82, 2.24) is 20.4 Å². The number of benzene rings is 1. The quantitative estimate of drug-likeness (QED) is 0.858. The lowest BCUT2D eigenvalue weighted by atomic mass is 9.96. The summed E-state index contributed by atoms with van der Waals surface area (Å²) >= 11 is 0. The van der Waals surface area contributed by atoms with Gasteiger partial charge < -0.3 is 15.1 Å². The zero-order valence-electron chi connectivity index (χ0n) is 17.5. The first-order valence-electron chi connectivity index (χ1n) is 10.8. The lowest BCUT2D eigenvalue weighted by Gasteiger charge is -2.36. The summed E-state index contributed by atoms with van der Waals surface area (Å²) in [5.74, 6) is 0.880. The van der Waals surface area contributed by atoms with E-state index < -0.39 is 0 Å². The van der Waals surface area contributed by atoms with E-state index in [0.29, 0.717) is 6.04 Å². The number of hydrogen-bond donors (Lipinski definition) is 1. The molecule has 154 valence electrons. The van der Waals surface area contributed by atoms with Crippen LogP contribution in [0.2, 0.25) is 0 Å². The Hall–Kier alpha value is -2.63. The van der Waals surface area contributed by atoms with Crippen LogP contribution in [0.3, 0.4) is 0 Å². The van der Waals surface area contributed by atoms with Gasteiger partial charge in [-0.05, 0) is 44.4 Å². The number of rotatable bonds is 3. The van der Waals surface area contributed by atoms with E-state index >= 15 is 0 Å². The third-order valence-corrected chi connectivity index (χ3v) is 6.13. The van der Waals surface area contributed by atoms with Gasteiger partial charge in [0.05, 0.1) is 5.69 Å². The van der Waals surface area contributed by atoms with E-state index in [-0.39, 0.29) is 6.03 Å². The highest BCUT2D eigenvalue weighted by Gasteiger charge is 2.24. The molecule has 1 aromatic carbocycles. The first kappa shape index (κ1) is 19.7. The maximum absolute atomic E-state index is 12.5. The fourth-order valence-electron chi connectivity index (χ4n) is 4.39. The van der Waals surface area contributed by atoms with Crippen LogP contribution in [0.15, 0.2) is 30.3 Å². The molecule has 1 aliphatic heterocycles. The first-order chi connectivity index (χ1) is 14.1. The van der Waals surface area contributed by atoms with Gasteiger partial charge in [0.15, 0.2) is 5.82 Å². The Morgan fingerprint density at radius 3 is 2.38 bits per heavy atom. The van der Waals surface area contributed by atoms with Crippen LogP contribution >= 0.6 is 0 Å². The molecular formula is C23H31N5O. The summed E-state index contributed by atoms with van der Waals surface area (Å²) in [6, 6.07) is 10.9. The van der Waals surface area contributed by atoms with Crippen molar-refractivity contribution in [3.8, 4) is 11.3 Å². The Kier molecular flexibility index (Phi) is 5.97. The Morgan fingerprint density at radius 2 is 1.72 bits per heavy atom. The minimum atomic E-state index is 0.0906. The van der Waals surface area contributed by atoms with Gasteiger partial charge in [-0.2, -0.15) is 0 Å². The van der Waals surface area contributed by atoms with Crippen molar-refractivity contribution in [1.29, 1.82) is 0 Å². The van der Waals surface area contributed by atoms with Gasteiger partial charge in [0.25, 0.3) is 0 Å². The van der Waals surface area contributed by atoms with Crippen LogP contribution in [0, 0.1) is 13.8 Å². The van der Waals surface area contributed by atoms with Gasteiger partial charge in [-0.15, -0.1) is 10.2 Å². The lowest BCUT2D eigenvalue weighted by Crippen LogP contribution is -2.53. The zero-order chi connectivity index (χ0) is 20.2. The summed E-state index contributed by atoms with van der Waals surface area (Å²) < 4.78 is 0. The van der Waals surface area contributed by atoms with Crippen LogP contribution in [-0.4, -0.2) is 53.3 Å². The molecule has 4 rings (SSSR count). The number of aryl methyl sites for hydroxylation is 2. The highest BCUT2D eigenvalue weighted by Crippen LogP contribution is 2.23. The number of carbonyl (C=O) groups is 1. The fourth-order valence-corrected chi connectivity index (χ4v) is 4.39. The van der Waals surface area contributed by atoms with Crippen molar-refractivity contribution in [2.75, 3.05) is 31.1 Å². The van der Waals surface area contributed by atoms with Crippen molar-refractivity contribution in [3.63, 3.8) is 0 Å². The van der Waals surface area contributed by atoms with Crippen LogP contribution < -0.4 is 10.2 Å². The summed E-state index contributed by atoms with van der Waals surface area (Å²) in [4.78, 5) is 16.7. The Balaban J connectivity index is 1.33. The molecule has 6 nitrogen and oxygen atoms in total. The molecule has 0 radical (unpaired) electrons. The van der Waals surface area contributed by atoms with E-state index in [1.807, 2.05) is 17.0 Å². The molecule has 29 heavy (non-hydrogen) atoms. The monoisotopic (exact) mass is 393 g/mol. The number of nitrogens with one attached hydrogen (secondary N) is 1. The summed E-state index contributed by atoms with van der Waals surface area (Å²) in [7, 11) is 0. The summed E-state index contributed by atoms with van der Waals surface area (Å²) in [5.41, 5.74) is 4.49. The largest absolute Gasteiger partial charge is 0.352 e. The first-order valence-corrected chi connectivity index (χ1v) is 10.8. The molecule has 1 aromatic heterocycles. The van der Waals surface area contributed by atoms with Gasteiger partial charge in [-0.1, -0.05) is 43.0 Å². The number of hydrogen-bond acceptors (Lipinski definition) is 4. The van der Waals surface area contributed by atoms with Crippen molar-refractivity contribution in [2.24, 2.45) is 0 Å². The maximum Gasteiger partial charge on any atom is 0.317 e. The SMILES string of the molecule is Cc1ccc(-c2ccc(N3CCN(C(=O)NC4CCCCC4)CC3)nn2)c(C)c1. The number of amides is 2. The third-order valence-electron chi connectivity index (χ3n) is 6.13. The van der Waals surface area contributed by atoms with Gasteiger partial charge in [0.2, 0.25) is 0 Å². The number of nitrogens with zero attached hydrogens (tertiary/aromatic N) is 4. The topological polar surface area (TPSA) is 61.4 Å². The molecule has 1 saturated carbocycles. The maximum atomic E-state index is 12.5.